The van der Waals surface area contributed by atoms with E-state index in [4.69, 9.17) is 5.10 Å². The predicted octanol–water partition coefficient (Wildman–Crippen LogP) is 3.09. The van der Waals surface area contributed by atoms with E-state index in [0.717, 1.165) is 36.7 Å². The molecule has 0 fully saturated rings. The van der Waals surface area contributed by atoms with Crippen LogP contribution in [0, 0.1) is 13.8 Å². The number of H-pyrrole nitrogens is 1. The molecule has 0 saturated carbocycles. The molecule has 3 aromatic heterocycles. The van der Waals surface area contributed by atoms with E-state index in [9.17, 15) is 0 Å². The van der Waals surface area contributed by atoms with Crippen LogP contribution in [0.4, 0.5) is 0 Å². The topological polar surface area (TPSA) is 67.6 Å². The lowest BCUT2D eigenvalue weighted by Gasteiger charge is -2.31. The molecule has 1 aliphatic heterocycles. The fourth-order valence-electron chi connectivity index (χ4n) is 4.34. The van der Waals surface area contributed by atoms with E-state index in [2.05, 4.69) is 56.8 Å². The second kappa shape index (κ2) is 7.00. The van der Waals surface area contributed by atoms with Crippen molar-refractivity contribution in [2.24, 2.45) is 7.05 Å². The van der Waals surface area contributed by atoms with Gasteiger partial charge in [0.2, 0.25) is 0 Å². The van der Waals surface area contributed by atoms with Crippen LogP contribution < -0.4 is 0 Å². The number of benzene rings is 1. The molecule has 1 aromatic carbocycles. The maximum absolute atomic E-state index is 4.82. The van der Waals surface area contributed by atoms with Crippen molar-refractivity contribution in [1.29, 1.82) is 0 Å². The molecule has 0 saturated heterocycles. The Bertz CT molecular complexity index is 1140. The Morgan fingerprint density at radius 3 is 2.76 bits per heavy atom. The summed E-state index contributed by atoms with van der Waals surface area (Å²) in [4.78, 5) is 10.4. The molecule has 0 spiro atoms. The maximum Gasteiger partial charge on any atom is 0.0925 e. The molecule has 0 radical (unpaired) electrons. The highest BCUT2D eigenvalue weighted by atomic mass is 15.3. The number of rotatable bonds is 4. The zero-order valence-corrected chi connectivity index (χ0v) is 17.0. The Morgan fingerprint density at radius 2 is 2.00 bits per heavy atom. The SMILES string of the molecule is Cc1nn(-c2ccccc2)c(C)c1CN1Cc2[nH]cnc2C(c2cnn(C)c2)C1. The van der Waals surface area contributed by atoms with Crippen molar-refractivity contribution < 1.29 is 0 Å². The molecule has 1 aliphatic rings. The van der Waals surface area contributed by atoms with E-state index in [0.29, 0.717) is 0 Å². The first-order valence-corrected chi connectivity index (χ1v) is 9.93. The summed E-state index contributed by atoms with van der Waals surface area (Å²) in [5.74, 6) is 0.225. The van der Waals surface area contributed by atoms with Crippen molar-refractivity contribution in [3.63, 3.8) is 0 Å². The van der Waals surface area contributed by atoms with Crippen molar-refractivity contribution in [3.8, 4) is 5.69 Å². The molecule has 5 rings (SSSR count). The van der Waals surface area contributed by atoms with Crippen LogP contribution >= 0.6 is 0 Å². The molecule has 0 amide bonds. The number of nitrogens with zero attached hydrogens (tertiary/aromatic N) is 6. The first-order chi connectivity index (χ1) is 14.1. The second-order valence-electron chi connectivity index (χ2n) is 7.83. The van der Waals surface area contributed by atoms with Gasteiger partial charge in [-0.2, -0.15) is 10.2 Å². The minimum Gasteiger partial charge on any atom is -0.347 e. The van der Waals surface area contributed by atoms with Gasteiger partial charge in [-0.1, -0.05) is 18.2 Å². The number of aromatic nitrogens is 6. The van der Waals surface area contributed by atoms with Gasteiger partial charge in [-0.25, -0.2) is 9.67 Å². The lowest BCUT2D eigenvalue weighted by Crippen LogP contribution is -2.34. The zero-order valence-electron chi connectivity index (χ0n) is 17.0. The summed E-state index contributed by atoms with van der Waals surface area (Å²) in [7, 11) is 1.96. The fraction of sp³-hybridized carbons (Fsp3) is 0.318. The monoisotopic (exact) mass is 387 g/mol. The third-order valence-electron chi connectivity index (χ3n) is 5.86. The molecule has 1 N–H and O–H groups in total. The van der Waals surface area contributed by atoms with Crippen molar-refractivity contribution in [2.45, 2.75) is 32.9 Å². The van der Waals surface area contributed by atoms with Crippen molar-refractivity contribution in [3.05, 3.63) is 83.0 Å². The second-order valence-corrected chi connectivity index (χ2v) is 7.83. The Balaban J connectivity index is 1.45. The average molecular weight is 387 g/mol. The Kier molecular flexibility index (Phi) is 4.32. The van der Waals surface area contributed by atoms with Crippen molar-refractivity contribution in [1.82, 2.24) is 34.4 Å². The van der Waals surface area contributed by atoms with E-state index < -0.39 is 0 Å². The van der Waals surface area contributed by atoms with Gasteiger partial charge in [0.25, 0.3) is 0 Å². The Hall–Kier alpha value is -3.19. The van der Waals surface area contributed by atoms with E-state index in [1.807, 2.05) is 42.5 Å². The minimum atomic E-state index is 0.225. The molecule has 0 bridgehead atoms. The van der Waals surface area contributed by atoms with Crippen LogP contribution in [0.3, 0.4) is 0 Å². The summed E-state index contributed by atoms with van der Waals surface area (Å²) >= 11 is 0. The van der Waals surface area contributed by atoms with Gasteiger partial charge in [0.15, 0.2) is 0 Å². The fourth-order valence-corrected chi connectivity index (χ4v) is 4.34. The molecule has 4 aromatic rings. The summed E-state index contributed by atoms with van der Waals surface area (Å²) in [6.45, 7) is 6.90. The standard InChI is InChI=1S/C22H25N7/c1-15-19(16(2)29(26-15)18-7-5-4-6-8-18)11-28-12-20(17-9-25-27(3)10-17)22-21(13-28)23-14-24-22/h4-10,14,20H,11-13H2,1-3H3,(H,23,24). The highest BCUT2D eigenvalue weighted by molar-refractivity contribution is 5.37. The smallest absolute Gasteiger partial charge is 0.0925 e. The number of aryl methyl sites for hydroxylation is 2. The zero-order chi connectivity index (χ0) is 20.0. The number of nitrogens with one attached hydrogen (secondary N) is 1. The quantitative estimate of drug-likeness (QED) is 0.584. The van der Waals surface area contributed by atoms with E-state index >= 15 is 0 Å². The molecule has 7 heteroatoms. The van der Waals surface area contributed by atoms with Crippen molar-refractivity contribution in [2.75, 3.05) is 6.54 Å². The van der Waals surface area contributed by atoms with Gasteiger partial charge in [-0.3, -0.25) is 9.58 Å². The predicted molar refractivity (Wildman–Crippen MR) is 111 cm³/mol. The molecule has 7 nitrogen and oxygen atoms in total. The first-order valence-electron chi connectivity index (χ1n) is 9.93. The average Bonchev–Trinajstić information content (AvgIpc) is 3.44. The molecule has 1 atom stereocenters. The number of fused-ring (bicyclic) bond motifs is 1. The van der Waals surface area contributed by atoms with Crippen molar-refractivity contribution >= 4 is 0 Å². The van der Waals surface area contributed by atoms with Crippen LogP contribution in [0.5, 0.6) is 0 Å². The van der Waals surface area contributed by atoms with Crippen LogP contribution in [0.25, 0.3) is 5.69 Å². The lowest BCUT2D eigenvalue weighted by atomic mass is 9.93. The van der Waals surface area contributed by atoms with Crippen LogP contribution in [-0.4, -0.2) is 41.0 Å². The van der Waals surface area contributed by atoms with E-state index in [1.165, 1.54) is 22.5 Å². The van der Waals surface area contributed by atoms with Gasteiger partial charge in [-0.05, 0) is 26.0 Å². The molecule has 0 aliphatic carbocycles. The Labute approximate surface area is 170 Å². The third kappa shape index (κ3) is 3.17. The molecule has 1 unspecified atom stereocenters. The van der Waals surface area contributed by atoms with Crippen LogP contribution in [0.2, 0.25) is 0 Å². The van der Waals surface area contributed by atoms with Gasteiger partial charge in [-0.15, -0.1) is 0 Å². The molecule has 4 heterocycles. The number of hydrogen-bond acceptors (Lipinski definition) is 4. The normalized spacial score (nSPS) is 16.9. The van der Waals surface area contributed by atoms with Gasteiger partial charge in [0.1, 0.15) is 0 Å². The number of para-hydroxylation sites is 1. The Morgan fingerprint density at radius 1 is 1.17 bits per heavy atom. The summed E-state index contributed by atoms with van der Waals surface area (Å²) < 4.78 is 3.91. The summed E-state index contributed by atoms with van der Waals surface area (Å²) in [6, 6.07) is 10.3. The number of hydrogen-bond donors (Lipinski definition) is 1. The lowest BCUT2D eigenvalue weighted by molar-refractivity contribution is 0.227. The third-order valence-corrected chi connectivity index (χ3v) is 5.86. The van der Waals surface area contributed by atoms with Gasteiger partial charge < -0.3 is 4.98 Å². The molecule has 148 valence electrons. The van der Waals surface area contributed by atoms with E-state index in [-0.39, 0.29) is 5.92 Å². The summed E-state index contributed by atoms with van der Waals surface area (Å²) in [6.07, 6.45) is 5.86. The molecule has 29 heavy (non-hydrogen) atoms. The summed E-state index contributed by atoms with van der Waals surface area (Å²) in [5, 5.41) is 9.19. The van der Waals surface area contributed by atoms with Crippen LogP contribution in [0.1, 0.15) is 39.8 Å². The van der Waals surface area contributed by atoms with Crippen LogP contribution in [0.15, 0.2) is 49.1 Å². The summed E-state index contributed by atoms with van der Waals surface area (Å²) in [5.41, 5.74) is 8.21. The van der Waals surface area contributed by atoms with Gasteiger partial charge >= 0.3 is 0 Å². The minimum absolute atomic E-state index is 0.225. The first kappa shape index (κ1) is 17.9. The largest absolute Gasteiger partial charge is 0.347 e. The molecular weight excluding hydrogens is 362 g/mol. The number of aromatic amines is 1. The maximum atomic E-state index is 4.82. The van der Waals surface area contributed by atoms with Gasteiger partial charge in [0, 0.05) is 55.6 Å². The van der Waals surface area contributed by atoms with Gasteiger partial charge in [0.05, 0.1) is 35.3 Å². The molecular formula is C22H25N7. The number of imidazole rings is 1. The highest BCUT2D eigenvalue weighted by Crippen LogP contribution is 2.32. The van der Waals surface area contributed by atoms with E-state index in [1.54, 1.807) is 0 Å². The van der Waals surface area contributed by atoms with Crippen LogP contribution in [-0.2, 0) is 20.1 Å². The highest BCUT2D eigenvalue weighted by Gasteiger charge is 2.30.